The molecule has 0 atom stereocenters. The predicted octanol–water partition coefficient (Wildman–Crippen LogP) is 0.535. The fraction of sp³-hybridized carbons (Fsp3) is 0.556. The Kier molecular flexibility index (Phi) is 4.35. The number of benzene rings is 1. The zero-order valence-electron chi connectivity index (χ0n) is 14.6. The minimum atomic E-state index is -0.324. The molecule has 3 saturated heterocycles. The van der Waals surface area contributed by atoms with Gasteiger partial charge in [-0.1, -0.05) is 0 Å². The molecular formula is C18H25N5O2. The molecular weight excluding hydrogens is 318 g/mol. The molecule has 0 bridgehead atoms. The normalized spacial score (nSPS) is 22.8. The Bertz CT molecular complexity index is 680. The van der Waals surface area contributed by atoms with Crippen LogP contribution >= 0.6 is 0 Å². The monoisotopic (exact) mass is 343 g/mol. The minimum absolute atomic E-state index is 0.199. The molecule has 1 aromatic carbocycles. The van der Waals surface area contributed by atoms with Gasteiger partial charge in [0.2, 0.25) is 5.91 Å². The van der Waals surface area contributed by atoms with Crippen LogP contribution < -0.4 is 20.4 Å². The van der Waals surface area contributed by atoms with Crippen LogP contribution in [0.15, 0.2) is 18.2 Å². The van der Waals surface area contributed by atoms with E-state index >= 15 is 0 Å². The lowest BCUT2D eigenvalue weighted by Gasteiger charge is -2.44. The van der Waals surface area contributed by atoms with E-state index in [4.69, 9.17) is 0 Å². The van der Waals surface area contributed by atoms with Crippen molar-refractivity contribution in [2.24, 2.45) is 0 Å². The average molecular weight is 343 g/mol. The molecule has 0 saturated carbocycles. The maximum Gasteiger partial charge on any atom is 0.328 e. The smallest absolute Gasteiger partial charge is 0.328 e. The first-order valence-corrected chi connectivity index (χ1v) is 9.03. The summed E-state index contributed by atoms with van der Waals surface area (Å²) in [6.45, 7) is 8.98. The molecule has 3 aliphatic heterocycles. The van der Waals surface area contributed by atoms with E-state index in [0.29, 0.717) is 19.0 Å². The second-order valence-corrected chi connectivity index (χ2v) is 7.06. The zero-order chi connectivity index (χ0) is 17.4. The van der Waals surface area contributed by atoms with Gasteiger partial charge in [-0.25, -0.2) is 4.79 Å². The Morgan fingerprint density at radius 1 is 1.04 bits per heavy atom. The van der Waals surface area contributed by atoms with Gasteiger partial charge >= 0.3 is 6.03 Å². The summed E-state index contributed by atoms with van der Waals surface area (Å²) < 4.78 is 0. The Labute approximate surface area is 147 Å². The van der Waals surface area contributed by atoms with E-state index in [1.54, 1.807) is 4.90 Å². The molecule has 3 aliphatic rings. The highest BCUT2D eigenvalue weighted by Crippen LogP contribution is 2.28. The molecule has 3 fully saturated rings. The minimum Gasteiger partial charge on any atom is -0.369 e. The molecule has 134 valence electrons. The highest BCUT2D eigenvalue weighted by atomic mass is 16.2. The van der Waals surface area contributed by atoms with Crippen molar-refractivity contribution >= 4 is 23.3 Å². The molecule has 1 aromatic rings. The number of imide groups is 1. The number of nitrogens with one attached hydrogen (secondary N) is 2. The topological polar surface area (TPSA) is 67.9 Å². The van der Waals surface area contributed by atoms with Crippen molar-refractivity contribution in [2.75, 3.05) is 55.6 Å². The van der Waals surface area contributed by atoms with E-state index in [9.17, 15) is 9.59 Å². The molecule has 0 spiro atoms. The number of rotatable bonds is 3. The van der Waals surface area contributed by atoms with E-state index in [0.717, 1.165) is 50.5 Å². The largest absolute Gasteiger partial charge is 0.369 e. The number of hydrogen-bond acceptors (Lipinski definition) is 5. The maximum atomic E-state index is 12.1. The Morgan fingerprint density at radius 3 is 2.40 bits per heavy atom. The number of anilines is 2. The Morgan fingerprint density at radius 2 is 1.80 bits per heavy atom. The van der Waals surface area contributed by atoms with E-state index in [1.807, 2.05) is 13.0 Å². The summed E-state index contributed by atoms with van der Waals surface area (Å²) in [6, 6.07) is 6.63. The first-order valence-electron chi connectivity index (χ1n) is 9.03. The quantitative estimate of drug-likeness (QED) is 0.838. The van der Waals surface area contributed by atoms with Gasteiger partial charge in [0, 0.05) is 69.7 Å². The number of carbonyl (C=O) groups is 2. The van der Waals surface area contributed by atoms with Crippen molar-refractivity contribution in [1.29, 1.82) is 0 Å². The lowest BCUT2D eigenvalue weighted by molar-refractivity contribution is -0.120. The number of carbonyl (C=O) groups excluding carboxylic acids is 2. The summed E-state index contributed by atoms with van der Waals surface area (Å²) in [5, 5.41) is 5.73. The highest BCUT2D eigenvalue weighted by Gasteiger charge is 2.28. The maximum absolute atomic E-state index is 12.1. The van der Waals surface area contributed by atoms with E-state index in [2.05, 4.69) is 32.6 Å². The zero-order valence-corrected chi connectivity index (χ0v) is 14.6. The molecule has 3 heterocycles. The van der Waals surface area contributed by atoms with Crippen molar-refractivity contribution in [1.82, 2.24) is 15.5 Å². The molecule has 3 amide bonds. The summed E-state index contributed by atoms with van der Waals surface area (Å²) in [5.41, 5.74) is 3.15. The summed E-state index contributed by atoms with van der Waals surface area (Å²) in [7, 11) is 0. The predicted molar refractivity (Wildman–Crippen MR) is 97.1 cm³/mol. The van der Waals surface area contributed by atoms with Crippen LogP contribution in [0.5, 0.6) is 0 Å². The third-order valence-corrected chi connectivity index (χ3v) is 5.48. The van der Waals surface area contributed by atoms with Crippen molar-refractivity contribution in [2.45, 2.75) is 19.4 Å². The van der Waals surface area contributed by atoms with Gasteiger partial charge in [0.1, 0.15) is 0 Å². The summed E-state index contributed by atoms with van der Waals surface area (Å²) >= 11 is 0. The van der Waals surface area contributed by atoms with Gasteiger partial charge in [-0.2, -0.15) is 0 Å². The first kappa shape index (κ1) is 16.4. The Balaban J connectivity index is 1.43. The van der Waals surface area contributed by atoms with E-state index < -0.39 is 0 Å². The van der Waals surface area contributed by atoms with Gasteiger partial charge < -0.3 is 10.2 Å². The molecule has 0 radical (unpaired) electrons. The van der Waals surface area contributed by atoms with Crippen molar-refractivity contribution in [3.05, 3.63) is 23.8 Å². The number of hydrogen-bond donors (Lipinski definition) is 2. The molecule has 0 aliphatic carbocycles. The second-order valence-electron chi connectivity index (χ2n) is 7.06. The third-order valence-electron chi connectivity index (χ3n) is 5.48. The third kappa shape index (κ3) is 3.21. The number of urea groups is 1. The average Bonchev–Trinajstić information content (AvgIpc) is 2.55. The second kappa shape index (κ2) is 6.65. The van der Waals surface area contributed by atoms with Crippen LogP contribution in [0.2, 0.25) is 0 Å². The van der Waals surface area contributed by atoms with Crippen LogP contribution in [0.25, 0.3) is 0 Å². The number of aryl methyl sites for hydroxylation is 1. The van der Waals surface area contributed by atoms with Crippen molar-refractivity contribution < 1.29 is 9.59 Å². The van der Waals surface area contributed by atoms with Crippen LogP contribution in [0.3, 0.4) is 0 Å². The highest BCUT2D eigenvalue weighted by molar-refractivity contribution is 6.06. The van der Waals surface area contributed by atoms with Gasteiger partial charge in [-0.3, -0.25) is 19.9 Å². The summed E-state index contributed by atoms with van der Waals surface area (Å²) in [5.74, 6) is -0.199. The van der Waals surface area contributed by atoms with Gasteiger partial charge in [-0.05, 0) is 30.7 Å². The van der Waals surface area contributed by atoms with Crippen molar-refractivity contribution in [3.63, 3.8) is 0 Å². The molecule has 0 aromatic heterocycles. The SMILES string of the molecule is Cc1cc(N2CCN(C3CNC3)CC2)ccc1N1CCC(=O)NC1=O. The fourth-order valence-electron chi connectivity index (χ4n) is 3.81. The van der Waals surface area contributed by atoms with E-state index in [1.165, 1.54) is 5.69 Å². The lowest BCUT2D eigenvalue weighted by atomic mass is 10.1. The molecule has 4 rings (SSSR count). The van der Waals surface area contributed by atoms with Gasteiger partial charge in [0.25, 0.3) is 0 Å². The van der Waals surface area contributed by atoms with Gasteiger partial charge in [-0.15, -0.1) is 0 Å². The standard InChI is InChI=1S/C18H25N5O2/c1-13-10-14(21-6-8-22(9-7-21)15-11-19-12-15)2-3-16(13)23-5-4-17(24)20-18(23)25/h2-3,10,15,19H,4-9,11-12H2,1H3,(H,20,24,25). The van der Waals surface area contributed by atoms with Gasteiger partial charge in [0.15, 0.2) is 0 Å². The van der Waals surface area contributed by atoms with Crippen molar-refractivity contribution in [3.8, 4) is 0 Å². The lowest BCUT2D eigenvalue weighted by Crippen LogP contribution is -2.61. The van der Waals surface area contributed by atoms with Crippen LogP contribution in [-0.2, 0) is 4.79 Å². The first-order chi connectivity index (χ1) is 12.1. The number of nitrogens with zero attached hydrogens (tertiary/aromatic N) is 3. The molecule has 0 unspecified atom stereocenters. The fourth-order valence-corrected chi connectivity index (χ4v) is 3.81. The van der Waals surface area contributed by atoms with Crippen LogP contribution in [-0.4, -0.2) is 68.7 Å². The Hall–Kier alpha value is -2.12. The van der Waals surface area contributed by atoms with Crippen LogP contribution in [0.1, 0.15) is 12.0 Å². The van der Waals surface area contributed by atoms with Crippen LogP contribution in [0.4, 0.5) is 16.2 Å². The molecule has 25 heavy (non-hydrogen) atoms. The summed E-state index contributed by atoms with van der Waals surface area (Å²) in [6.07, 6.45) is 0.352. The van der Waals surface area contributed by atoms with E-state index in [-0.39, 0.29) is 11.9 Å². The molecule has 7 heteroatoms. The van der Waals surface area contributed by atoms with Crippen LogP contribution in [0, 0.1) is 6.92 Å². The number of amides is 3. The molecule has 2 N–H and O–H groups in total. The number of piperazine rings is 1. The molecule has 7 nitrogen and oxygen atoms in total. The van der Waals surface area contributed by atoms with Gasteiger partial charge in [0.05, 0.1) is 0 Å². The summed E-state index contributed by atoms with van der Waals surface area (Å²) in [4.78, 5) is 30.0.